The average molecular weight is 391 g/mol. The number of aromatic amines is 1. The van der Waals surface area contributed by atoms with E-state index in [1.165, 1.54) is 16.5 Å². The first-order valence-electron chi connectivity index (χ1n) is 10.2. The van der Waals surface area contributed by atoms with Gasteiger partial charge in [0.15, 0.2) is 0 Å². The van der Waals surface area contributed by atoms with E-state index in [2.05, 4.69) is 60.6 Å². The van der Waals surface area contributed by atoms with Gasteiger partial charge in [0.05, 0.1) is 28.4 Å². The molecular formula is C26H21N3O. The molecule has 0 saturated heterocycles. The van der Waals surface area contributed by atoms with Crippen molar-refractivity contribution in [1.29, 1.82) is 0 Å². The second-order valence-corrected chi connectivity index (χ2v) is 8.01. The van der Waals surface area contributed by atoms with Crippen molar-refractivity contribution in [3.05, 3.63) is 95.2 Å². The molecule has 4 nitrogen and oxygen atoms in total. The van der Waals surface area contributed by atoms with Crippen molar-refractivity contribution in [2.24, 2.45) is 12.0 Å². The third-order valence-corrected chi connectivity index (χ3v) is 6.35. The molecule has 0 aliphatic carbocycles. The smallest absolute Gasteiger partial charge is 0.201 e. The zero-order valence-electron chi connectivity index (χ0n) is 16.8. The molecule has 146 valence electrons. The SMILES string of the molecule is Cc1cccc2c1N=C(c1c(O)n(C)c3ccccc13)C2c1c[nH]c2ccccc12. The summed E-state index contributed by atoms with van der Waals surface area (Å²) in [5.41, 5.74) is 8.34. The minimum Gasteiger partial charge on any atom is -0.494 e. The van der Waals surface area contributed by atoms with E-state index < -0.39 is 0 Å². The molecule has 4 heteroatoms. The van der Waals surface area contributed by atoms with E-state index in [-0.39, 0.29) is 11.8 Å². The van der Waals surface area contributed by atoms with Crippen LogP contribution in [0, 0.1) is 6.92 Å². The van der Waals surface area contributed by atoms with Gasteiger partial charge in [-0.05, 0) is 35.7 Å². The first-order chi connectivity index (χ1) is 14.6. The topological polar surface area (TPSA) is 53.3 Å². The Morgan fingerprint density at radius 3 is 2.53 bits per heavy atom. The molecule has 2 N–H and O–H groups in total. The molecule has 0 fully saturated rings. The molecule has 0 radical (unpaired) electrons. The highest BCUT2D eigenvalue weighted by Crippen LogP contribution is 2.47. The first kappa shape index (κ1) is 17.1. The van der Waals surface area contributed by atoms with Crippen LogP contribution in [0.25, 0.3) is 21.8 Å². The fourth-order valence-electron chi connectivity index (χ4n) is 4.88. The lowest BCUT2D eigenvalue weighted by Crippen LogP contribution is -2.11. The number of benzene rings is 3. The molecule has 5 aromatic rings. The molecule has 0 bridgehead atoms. The van der Waals surface area contributed by atoms with Crippen molar-refractivity contribution in [1.82, 2.24) is 9.55 Å². The van der Waals surface area contributed by atoms with Crippen molar-refractivity contribution in [2.75, 3.05) is 0 Å². The molecule has 0 saturated carbocycles. The van der Waals surface area contributed by atoms with Crippen LogP contribution in [-0.2, 0) is 7.05 Å². The number of rotatable bonds is 2. The zero-order valence-corrected chi connectivity index (χ0v) is 16.8. The Hall–Kier alpha value is -3.79. The Morgan fingerprint density at radius 1 is 0.900 bits per heavy atom. The molecule has 0 amide bonds. The minimum absolute atomic E-state index is 0.0484. The van der Waals surface area contributed by atoms with Crippen LogP contribution in [0.1, 0.15) is 28.2 Å². The molecule has 30 heavy (non-hydrogen) atoms. The summed E-state index contributed by atoms with van der Waals surface area (Å²) in [6, 6.07) is 22.8. The molecule has 1 atom stereocenters. The van der Waals surface area contributed by atoms with E-state index in [1.54, 1.807) is 0 Å². The van der Waals surface area contributed by atoms with Gasteiger partial charge < -0.3 is 14.7 Å². The van der Waals surface area contributed by atoms with E-state index in [9.17, 15) is 5.11 Å². The molecule has 1 unspecified atom stereocenters. The van der Waals surface area contributed by atoms with Crippen LogP contribution in [0.3, 0.4) is 0 Å². The lowest BCUT2D eigenvalue weighted by atomic mass is 9.85. The summed E-state index contributed by atoms with van der Waals surface area (Å²) < 4.78 is 1.84. The maximum atomic E-state index is 11.1. The molecule has 3 aromatic carbocycles. The predicted molar refractivity (Wildman–Crippen MR) is 122 cm³/mol. The van der Waals surface area contributed by atoms with Gasteiger partial charge >= 0.3 is 0 Å². The number of H-pyrrole nitrogens is 1. The van der Waals surface area contributed by atoms with Crippen LogP contribution in [0.15, 0.2) is 77.9 Å². The number of aromatic hydroxyl groups is 1. The van der Waals surface area contributed by atoms with E-state index >= 15 is 0 Å². The van der Waals surface area contributed by atoms with Crippen molar-refractivity contribution in [2.45, 2.75) is 12.8 Å². The van der Waals surface area contributed by atoms with Gasteiger partial charge in [0.1, 0.15) is 0 Å². The summed E-state index contributed by atoms with van der Waals surface area (Å²) >= 11 is 0. The molecule has 0 spiro atoms. The summed E-state index contributed by atoms with van der Waals surface area (Å²) in [5, 5.41) is 13.3. The second-order valence-electron chi connectivity index (χ2n) is 8.01. The molecule has 1 aliphatic heterocycles. The van der Waals surface area contributed by atoms with Gasteiger partial charge in [-0.15, -0.1) is 0 Å². The fraction of sp³-hybridized carbons (Fsp3) is 0.115. The van der Waals surface area contributed by atoms with Gasteiger partial charge in [-0.3, -0.25) is 4.99 Å². The number of hydrogen-bond acceptors (Lipinski definition) is 2. The molecule has 2 aromatic heterocycles. The number of nitrogens with zero attached hydrogens (tertiary/aromatic N) is 2. The standard InChI is InChI=1S/C26H21N3O/c1-15-8-7-11-18-22(19-14-27-20-12-5-3-9-16(19)20)25(28-24(15)18)23-17-10-4-6-13-21(17)29(2)26(23)30/h3-14,22,27,30H,1-2H3. The minimum atomic E-state index is -0.0484. The number of fused-ring (bicyclic) bond motifs is 3. The monoisotopic (exact) mass is 391 g/mol. The van der Waals surface area contributed by atoms with Gasteiger partial charge in [0.25, 0.3) is 0 Å². The van der Waals surface area contributed by atoms with Crippen LogP contribution in [0.2, 0.25) is 0 Å². The molecule has 3 heterocycles. The van der Waals surface area contributed by atoms with Crippen LogP contribution in [0.5, 0.6) is 5.88 Å². The van der Waals surface area contributed by atoms with Crippen molar-refractivity contribution < 1.29 is 5.11 Å². The average Bonchev–Trinajstić information content (AvgIpc) is 3.42. The number of para-hydroxylation sites is 3. The van der Waals surface area contributed by atoms with Crippen LogP contribution >= 0.6 is 0 Å². The van der Waals surface area contributed by atoms with E-state index in [0.29, 0.717) is 0 Å². The van der Waals surface area contributed by atoms with Crippen molar-refractivity contribution in [3.8, 4) is 5.88 Å². The van der Waals surface area contributed by atoms with Crippen LogP contribution in [0.4, 0.5) is 5.69 Å². The quantitative estimate of drug-likeness (QED) is 0.384. The first-order valence-corrected chi connectivity index (χ1v) is 10.2. The molecule has 6 rings (SSSR count). The Labute approximate surface area is 174 Å². The van der Waals surface area contributed by atoms with E-state index in [4.69, 9.17) is 4.99 Å². The highest BCUT2D eigenvalue weighted by Gasteiger charge is 2.35. The summed E-state index contributed by atoms with van der Waals surface area (Å²) in [6.45, 7) is 2.10. The Morgan fingerprint density at radius 2 is 1.67 bits per heavy atom. The van der Waals surface area contributed by atoms with E-state index in [1.807, 2.05) is 35.9 Å². The number of aromatic nitrogens is 2. The van der Waals surface area contributed by atoms with Crippen molar-refractivity contribution >= 4 is 33.2 Å². The van der Waals surface area contributed by atoms with Gasteiger partial charge in [0.2, 0.25) is 5.88 Å². The van der Waals surface area contributed by atoms with Gasteiger partial charge in [-0.1, -0.05) is 54.6 Å². The summed E-state index contributed by atoms with van der Waals surface area (Å²) in [5.74, 6) is 0.206. The molecule has 1 aliphatic rings. The van der Waals surface area contributed by atoms with Crippen LogP contribution in [-0.4, -0.2) is 20.4 Å². The Kier molecular flexibility index (Phi) is 3.48. The predicted octanol–water partition coefficient (Wildman–Crippen LogP) is 5.94. The third-order valence-electron chi connectivity index (χ3n) is 6.35. The number of hydrogen-bond donors (Lipinski definition) is 2. The zero-order chi connectivity index (χ0) is 20.4. The highest BCUT2D eigenvalue weighted by atomic mass is 16.3. The normalized spacial score (nSPS) is 15.7. The maximum Gasteiger partial charge on any atom is 0.201 e. The lowest BCUT2D eigenvalue weighted by Gasteiger charge is -2.15. The third kappa shape index (κ3) is 2.19. The largest absolute Gasteiger partial charge is 0.494 e. The highest BCUT2D eigenvalue weighted by molar-refractivity contribution is 6.21. The van der Waals surface area contributed by atoms with Gasteiger partial charge in [-0.25, -0.2) is 0 Å². The van der Waals surface area contributed by atoms with Gasteiger partial charge in [0, 0.05) is 29.5 Å². The summed E-state index contributed by atoms with van der Waals surface area (Å²) in [6.07, 6.45) is 2.09. The summed E-state index contributed by atoms with van der Waals surface area (Å²) in [7, 11) is 1.90. The molecular weight excluding hydrogens is 370 g/mol. The number of nitrogens with one attached hydrogen (secondary N) is 1. The Bertz CT molecular complexity index is 1490. The fourth-order valence-corrected chi connectivity index (χ4v) is 4.88. The number of aryl methyl sites for hydroxylation is 2. The number of aliphatic imine (C=N–C) groups is 1. The van der Waals surface area contributed by atoms with Crippen molar-refractivity contribution in [3.63, 3.8) is 0 Å². The van der Waals surface area contributed by atoms with Crippen LogP contribution < -0.4 is 0 Å². The van der Waals surface area contributed by atoms with Gasteiger partial charge in [-0.2, -0.15) is 0 Å². The maximum absolute atomic E-state index is 11.1. The lowest BCUT2D eigenvalue weighted by molar-refractivity contribution is 0.434. The Balaban J connectivity index is 1.69. The summed E-state index contributed by atoms with van der Waals surface area (Å²) in [4.78, 5) is 8.54. The van der Waals surface area contributed by atoms with E-state index in [0.717, 1.165) is 38.9 Å². The second kappa shape index (κ2) is 6.10.